The van der Waals surface area contributed by atoms with Gasteiger partial charge in [0.25, 0.3) is 5.91 Å². The van der Waals surface area contributed by atoms with E-state index in [9.17, 15) is 13.2 Å². The van der Waals surface area contributed by atoms with E-state index in [0.29, 0.717) is 30.3 Å². The molecule has 1 amide bonds. The number of carbonyl (C=O) groups is 1. The summed E-state index contributed by atoms with van der Waals surface area (Å²) in [5.41, 5.74) is 1.30. The Balaban J connectivity index is 1.61. The van der Waals surface area contributed by atoms with Crippen LogP contribution in [-0.4, -0.2) is 62.8 Å². The average Bonchev–Trinajstić information content (AvgIpc) is 3.32. The Morgan fingerprint density at radius 2 is 1.74 bits per heavy atom. The predicted molar refractivity (Wildman–Crippen MR) is 88.6 cm³/mol. The van der Waals surface area contributed by atoms with Gasteiger partial charge in [0, 0.05) is 37.8 Å². The van der Waals surface area contributed by atoms with Crippen LogP contribution in [0.2, 0.25) is 0 Å². The van der Waals surface area contributed by atoms with Crippen molar-refractivity contribution in [2.24, 2.45) is 0 Å². The summed E-state index contributed by atoms with van der Waals surface area (Å²) >= 11 is 0. The van der Waals surface area contributed by atoms with Crippen molar-refractivity contribution in [3.05, 3.63) is 35.4 Å². The summed E-state index contributed by atoms with van der Waals surface area (Å²) in [5.74, 6) is -0.0951. The van der Waals surface area contributed by atoms with E-state index in [0.717, 1.165) is 25.9 Å². The van der Waals surface area contributed by atoms with Crippen LogP contribution in [0.5, 0.6) is 0 Å². The van der Waals surface area contributed by atoms with Gasteiger partial charge in [0.2, 0.25) is 10.0 Å². The van der Waals surface area contributed by atoms with Crippen LogP contribution in [0, 0.1) is 0 Å². The predicted octanol–water partition coefficient (Wildman–Crippen LogP) is 0.656. The molecule has 1 aromatic rings. The number of nitrogens with one attached hydrogen (secondary N) is 1. The largest absolute Gasteiger partial charge is 0.349 e. The molecule has 6 nitrogen and oxygen atoms in total. The maximum Gasteiger partial charge on any atom is 0.251 e. The number of likely N-dealkylation sites (N-methyl/N-ethyl adjacent to an activating group) is 1. The van der Waals surface area contributed by atoms with E-state index in [4.69, 9.17) is 0 Å². The third-order valence-corrected chi connectivity index (χ3v) is 6.18. The van der Waals surface area contributed by atoms with Gasteiger partial charge in [-0.2, -0.15) is 4.31 Å². The fraction of sp³-hybridized carbons (Fsp3) is 0.562. The lowest BCUT2D eigenvalue weighted by Gasteiger charge is -2.31. The van der Waals surface area contributed by atoms with Crippen molar-refractivity contribution in [3.63, 3.8) is 0 Å². The van der Waals surface area contributed by atoms with Gasteiger partial charge in [-0.25, -0.2) is 8.42 Å². The minimum atomic E-state index is -3.30. The fourth-order valence-electron chi connectivity index (χ4n) is 2.62. The zero-order valence-electron chi connectivity index (χ0n) is 13.4. The Labute approximate surface area is 137 Å². The number of nitrogens with zero attached hydrogens (tertiary/aromatic N) is 2. The number of piperazine rings is 1. The summed E-state index contributed by atoms with van der Waals surface area (Å²) in [7, 11) is -1.30. The van der Waals surface area contributed by atoms with Crippen LogP contribution >= 0.6 is 0 Å². The monoisotopic (exact) mass is 337 g/mol. The normalized spacial score (nSPS) is 20.4. The molecule has 2 aliphatic rings. The minimum Gasteiger partial charge on any atom is -0.349 e. The van der Waals surface area contributed by atoms with Gasteiger partial charge < -0.3 is 10.2 Å². The highest BCUT2D eigenvalue weighted by molar-refractivity contribution is 7.88. The van der Waals surface area contributed by atoms with Crippen molar-refractivity contribution in [2.75, 3.05) is 33.2 Å². The summed E-state index contributed by atoms with van der Waals surface area (Å²) < 4.78 is 26.5. The molecule has 0 spiro atoms. The molecule has 1 aliphatic heterocycles. The van der Waals surface area contributed by atoms with Crippen molar-refractivity contribution in [1.82, 2.24) is 14.5 Å². The van der Waals surface area contributed by atoms with Crippen LogP contribution < -0.4 is 5.32 Å². The quantitative estimate of drug-likeness (QED) is 0.857. The van der Waals surface area contributed by atoms with Gasteiger partial charge in [-0.1, -0.05) is 12.1 Å². The van der Waals surface area contributed by atoms with Gasteiger partial charge in [-0.3, -0.25) is 4.79 Å². The lowest BCUT2D eigenvalue weighted by molar-refractivity contribution is 0.0951. The van der Waals surface area contributed by atoms with Crippen LogP contribution in [0.25, 0.3) is 0 Å². The van der Waals surface area contributed by atoms with Crippen molar-refractivity contribution in [1.29, 1.82) is 0 Å². The Bertz CT molecular complexity index is 660. The highest BCUT2D eigenvalue weighted by Crippen LogP contribution is 2.20. The number of benzene rings is 1. The molecule has 1 heterocycles. The van der Waals surface area contributed by atoms with Gasteiger partial charge in [0.05, 0.1) is 5.75 Å². The highest BCUT2D eigenvalue weighted by atomic mass is 32.2. The summed E-state index contributed by atoms with van der Waals surface area (Å²) in [5, 5.41) is 2.92. The van der Waals surface area contributed by atoms with Crippen LogP contribution in [0.4, 0.5) is 0 Å². The number of hydrogen-bond acceptors (Lipinski definition) is 4. The summed E-state index contributed by atoms with van der Waals surface area (Å²) in [6, 6.07) is 7.18. The second kappa shape index (κ2) is 6.59. The molecule has 1 aliphatic carbocycles. The van der Waals surface area contributed by atoms with Gasteiger partial charge in [0.1, 0.15) is 0 Å². The zero-order chi connectivity index (χ0) is 16.4. The van der Waals surface area contributed by atoms with E-state index in [-0.39, 0.29) is 11.7 Å². The molecule has 0 radical (unpaired) electrons. The van der Waals surface area contributed by atoms with E-state index < -0.39 is 10.0 Å². The molecule has 1 saturated heterocycles. The van der Waals surface area contributed by atoms with E-state index in [1.807, 2.05) is 7.05 Å². The first kappa shape index (κ1) is 16.4. The smallest absolute Gasteiger partial charge is 0.251 e. The Hall–Kier alpha value is -1.44. The molecule has 1 saturated carbocycles. The van der Waals surface area contributed by atoms with Crippen molar-refractivity contribution < 1.29 is 13.2 Å². The molecule has 1 aromatic carbocycles. The maximum absolute atomic E-state index is 12.5. The molecule has 2 fully saturated rings. The van der Waals surface area contributed by atoms with E-state index in [2.05, 4.69) is 10.2 Å². The third kappa shape index (κ3) is 4.31. The number of rotatable bonds is 5. The molecule has 0 unspecified atom stereocenters. The first-order valence-corrected chi connectivity index (χ1v) is 9.61. The second-order valence-corrected chi connectivity index (χ2v) is 8.37. The highest BCUT2D eigenvalue weighted by Gasteiger charge is 2.26. The number of hydrogen-bond donors (Lipinski definition) is 1. The van der Waals surface area contributed by atoms with Crippen LogP contribution in [0.1, 0.15) is 28.8 Å². The first-order chi connectivity index (χ1) is 10.9. The number of carbonyl (C=O) groups excluding carboxylic acids is 1. The van der Waals surface area contributed by atoms with Crippen molar-refractivity contribution >= 4 is 15.9 Å². The summed E-state index contributed by atoms with van der Waals surface area (Å²) in [4.78, 5) is 14.1. The summed E-state index contributed by atoms with van der Waals surface area (Å²) in [6.07, 6.45) is 2.10. The zero-order valence-corrected chi connectivity index (χ0v) is 14.2. The molecule has 23 heavy (non-hydrogen) atoms. The molecular weight excluding hydrogens is 314 g/mol. The Morgan fingerprint density at radius 3 is 2.30 bits per heavy atom. The SMILES string of the molecule is CN1CCN(S(=O)(=O)Cc2ccc(C(=O)NC3CC3)cc2)CC1. The van der Waals surface area contributed by atoms with Crippen LogP contribution in [0.3, 0.4) is 0 Å². The molecule has 1 N–H and O–H groups in total. The third-order valence-electron chi connectivity index (χ3n) is 4.33. The van der Waals surface area contributed by atoms with Crippen LogP contribution in [-0.2, 0) is 15.8 Å². The molecule has 126 valence electrons. The van der Waals surface area contributed by atoms with Gasteiger partial charge in [-0.15, -0.1) is 0 Å². The van der Waals surface area contributed by atoms with Gasteiger partial charge in [-0.05, 0) is 37.6 Å². The molecular formula is C16H23N3O3S. The molecule has 0 atom stereocenters. The van der Waals surface area contributed by atoms with E-state index in [1.165, 1.54) is 0 Å². The number of sulfonamides is 1. The standard InChI is InChI=1S/C16H23N3O3S/c1-18-8-10-19(11-9-18)23(21,22)12-13-2-4-14(5-3-13)16(20)17-15-6-7-15/h2-5,15H,6-12H2,1H3,(H,17,20). The molecule has 7 heteroatoms. The van der Waals surface area contributed by atoms with Gasteiger partial charge >= 0.3 is 0 Å². The molecule has 0 aromatic heterocycles. The second-order valence-electron chi connectivity index (χ2n) is 6.40. The Kier molecular flexibility index (Phi) is 4.70. The maximum atomic E-state index is 12.5. The van der Waals surface area contributed by atoms with Gasteiger partial charge in [0.15, 0.2) is 0 Å². The first-order valence-electron chi connectivity index (χ1n) is 8.00. The van der Waals surface area contributed by atoms with E-state index in [1.54, 1.807) is 28.6 Å². The molecule has 0 bridgehead atoms. The van der Waals surface area contributed by atoms with Crippen molar-refractivity contribution in [2.45, 2.75) is 24.6 Å². The lowest BCUT2D eigenvalue weighted by atomic mass is 10.1. The Morgan fingerprint density at radius 1 is 1.13 bits per heavy atom. The van der Waals surface area contributed by atoms with Crippen LogP contribution in [0.15, 0.2) is 24.3 Å². The van der Waals surface area contributed by atoms with E-state index >= 15 is 0 Å². The minimum absolute atomic E-state index is 0.0127. The molecule has 3 rings (SSSR count). The fourth-order valence-corrected chi connectivity index (χ4v) is 4.13. The topological polar surface area (TPSA) is 69.7 Å². The number of amides is 1. The lowest BCUT2D eigenvalue weighted by Crippen LogP contribution is -2.47. The summed E-state index contributed by atoms with van der Waals surface area (Å²) in [6.45, 7) is 2.61. The average molecular weight is 337 g/mol. The van der Waals surface area contributed by atoms with Crippen molar-refractivity contribution in [3.8, 4) is 0 Å².